The van der Waals surface area contributed by atoms with Gasteiger partial charge in [-0.15, -0.1) is 0 Å². The van der Waals surface area contributed by atoms with E-state index in [-0.39, 0.29) is 12.2 Å². The van der Waals surface area contributed by atoms with E-state index in [1.54, 1.807) is 0 Å². The van der Waals surface area contributed by atoms with Gasteiger partial charge in [-0.25, -0.2) is 4.98 Å². The van der Waals surface area contributed by atoms with Crippen LogP contribution in [0.3, 0.4) is 0 Å². The van der Waals surface area contributed by atoms with Gasteiger partial charge in [0.15, 0.2) is 0 Å². The molecule has 0 saturated carbocycles. The van der Waals surface area contributed by atoms with Crippen molar-refractivity contribution in [2.45, 2.75) is 20.0 Å². The van der Waals surface area contributed by atoms with E-state index in [1.807, 2.05) is 6.92 Å². The fourth-order valence-electron chi connectivity index (χ4n) is 0.750. The highest BCUT2D eigenvalue weighted by atomic mass is 16.3. The highest BCUT2D eigenvalue weighted by Crippen LogP contribution is 1.89. The third kappa shape index (κ3) is 1.65. The van der Waals surface area contributed by atoms with E-state index >= 15 is 0 Å². The fourth-order valence-corrected chi connectivity index (χ4v) is 0.750. The average Bonchev–Trinajstić information content (AvgIpc) is 2.04. The molecule has 1 rings (SSSR count). The summed E-state index contributed by atoms with van der Waals surface area (Å²) < 4.78 is 0. The van der Waals surface area contributed by atoms with Crippen LogP contribution < -0.4 is 5.56 Å². The van der Waals surface area contributed by atoms with Gasteiger partial charge < -0.3 is 10.1 Å². The molecule has 0 aliphatic heterocycles. The third-order valence-electron chi connectivity index (χ3n) is 1.43. The van der Waals surface area contributed by atoms with Gasteiger partial charge in [0.25, 0.3) is 5.56 Å². The lowest BCUT2D eigenvalue weighted by molar-refractivity contribution is 0.279. The molecule has 0 aliphatic carbocycles. The summed E-state index contributed by atoms with van der Waals surface area (Å²) in [6.45, 7) is 1.64. The molecule has 0 bridgehead atoms. The second-order valence-electron chi connectivity index (χ2n) is 2.20. The number of aryl methyl sites for hydroxylation is 1. The molecule has 60 valence electrons. The zero-order valence-corrected chi connectivity index (χ0v) is 6.29. The topological polar surface area (TPSA) is 66.0 Å². The summed E-state index contributed by atoms with van der Waals surface area (Å²) in [5.74, 6) is 0.646. The molecule has 0 unspecified atom stereocenters. The fraction of sp³-hybridized carbons (Fsp3) is 0.429. The molecular weight excluding hydrogens is 144 g/mol. The van der Waals surface area contributed by atoms with Gasteiger partial charge in [0, 0.05) is 12.6 Å². The molecule has 0 amide bonds. The van der Waals surface area contributed by atoms with E-state index in [0.29, 0.717) is 17.8 Å². The quantitative estimate of drug-likeness (QED) is 0.621. The summed E-state index contributed by atoms with van der Waals surface area (Å²) in [6, 6.07) is 0. The first-order valence-electron chi connectivity index (χ1n) is 3.46. The van der Waals surface area contributed by atoms with Crippen LogP contribution >= 0.6 is 0 Å². The van der Waals surface area contributed by atoms with Crippen LogP contribution in [0.5, 0.6) is 0 Å². The van der Waals surface area contributed by atoms with E-state index in [9.17, 15) is 4.79 Å². The zero-order chi connectivity index (χ0) is 8.27. The standard InChI is InChI=1S/C7H10N2O2/c1-2-6-8-3-5(4-10)7(11)9-6/h3,10H,2,4H2,1H3,(H,8,9,11). The Balaban J connectivity index is 3.10. The van der Waals surface area contributed by atoms with E-state index in [1.165, 1.54) is 6.20 Å². The lowest BCUT2D eigenvalue weighted by Crippen LogP contribution is -2.15. The smallest absolute Gasteiger partial charge is 0.256 e. The van der Waals surface area contributed by atoms with Crippen molar-refractivity contribution < 1.29 is 5.11 Å². The summed E-state index contributed by atoms with van der Waals surface area (Å²) in [4.78, 5) is 17.4. The van der Waals surface area contributed by atoms with Gasteiger partial charge >= 0.3 is 0 Å². The number of hydrogen-bond acceptors (Lipinski definition) is 3. The Labute approximate surface area is 63.9 Å². The lowest BCUT2D eigenvalue weighted by atomic mass is 10.3. The maximum Gasteiger partial charge on any atom is 0.256 e. The molecule has 1 heterocycles. The zero-order valence-electron chi connectivity index (χ0n) is 6.29. The molecule has 11 heavy (non-hydrogen) atoms. The van der Waals surface area contributed by atoms with Gasteiger partial charge in [0.05, 0.1) is 12.2 Å². The van der Waals surface area contributed by atoms with Gasteiger partial charge in [0.2, 0.25) is 0 Å². The second-order valence-corrected chi connectivity index (χ2v) is 2.20. The van der Waals surface area contributed by atoms with Gasteiger partial charge in [-0.1, -0.05) is 6.92 Å². The number of hydrogen-bond donors (Lipinski definition) is 2. The Bertz CT molecular complexity index is 293. The number of aliphatic hydroxyl groups is 1. The molecule has 0 atom stereocenters. The first-order valence-corrected chi connectivity index (χ1v) is 3.46. The van der Waals surface area contributed by atoms with Crippen LogP contribution in [0.25, 0.3) is 0 Å². The highest BCUT2D eigenvalue weighted by Gasteiger charge is 1.98. The van der Waals surface area contributed by atoms with Crippen molar-refractivity contribution in [3.8, 4) is 0 Å². The molecule has 0 fully saturated rings. The Kier molecular flexibility index (Phi) is 2.38. The minimum absolute atomic E-state index is 0.251. The van der Waals surface area contributed by atoms with Crippen LogP contribution in [-0.2, 0) is 13.0 Å². The summed E-state index contributed by atoms with van der Waals surface area (Å²) in [5, 5.41) is 8.62. The molecule has 2 N–H and O–H groups in total. The number of aromatic amines is 1. The number of rotatable bonds is 2. The molecule has 1 aromatic rings. The Hall–Kier alpha value is -1.16. The monoisotopic (exact) mass is 154 g/mol. The second kappa shape index (κ2) is 3.30. The van der Waals surface area contributed by atoms with Crippen molar-refractivity contribution in [1.82, 2.24) is 9.97 Å². The SMILES string of the molecule is CCc1ncc(CO)c(=O)[nH]1. The maximum atomic E-state index is 11.0. The normalized spacial score (nSPS) is 10.0. The van der Waals surface area contributed by atoms with E-state index < -0.39 is 0 Å². The van der Waals surface area contributed by atoms with Crippen molar-refractivity contribution in [3.05, 3.63) is 27.9 Å². The third-order valence-corrected chi connectivity index (χ3v) is 1.43. The molecule has 0 aliphatic rings. The first-order chi connectivity index (χ1) is 5.27. The minimum atomic E-state index is -0.258. The molecular formula is C7H10N2O2. The molecule has 4 nitrogen and oxygen atoms in total. The lowest BCUT2D eigenvalue weighted by Gasteiger charge is -1.96. The van der Waals surface area contributed by atoms with Crippen LogP contribution in [0, 0.1) is 0 Å². The van der Waals surface area contributed by atoms with Crippen molar-refractivity contribution >= 4 is 0 Å². The predicted molar refractivity (Wildman–Crippen MR) is 40.2 cm³/mol. The van der Waals surface area contributed by atoms with Crippen molar-refractivity contribution in [1.29, 1.82) is 0 Å². The van der Waals surface area contributed by atoms with Crippen LogP contribution in [0.2, 0.25) is 0 Å². The van der Waals surface area contributed by atoms with Crippen LogP contribution in [-0.4, -0.2) is 15.1 Å². The minimum Gasteiger partial charge on any atom is -0.391 e. The largest absolute Gasteiger partial charge is 0.391 e. The summed E-state index contributed by atoms with van der Waals surface area (Å²) >= 11 is 0. The Morgan fingerprint density at radius 3 is 2.91 bits per heavy atom. The summed E-state index contributed by atoms with van der Waals surface area (Å²) in [6.07, 6.45) is 2.10. The average molecular weight is 154 g/mol. The van der Waals surface area contributed by atoms with E-state index in [2.05, 4.69) is 9.97 Å². The molecule has 1 aromatic heterocycles. The highest BCUT2D eigenvalue weighted by molar-refractivity contribution is 5.03. The first kappa shape index (κ1) is 7.94. The summed E-state index contributed by atoms with van der Waals surface area (Å²) in [7, 11) is 0. The van der Waals surface area contributed by atoms with Crippen LogP contribution in [0.1, 0.15) is 18.3 Å². The maximum absolute atomic E-state index is 11.0. The van der Waals surface area contributed by atoms with Gasteiger partial charge in [0.1, 0.15) is 5.82 Å². The molecule has 0 spiro atoms. The number of H-pyrrole nitrogens is 1. The van der Waals surface area contributed by atoms with E-state index in [0.717, 1.165) is 0 Å². The van der Waals surface area contributed by atoms with Gasteiger partial charge in [-0.3, -0.25) is 4.79 Å². The molecule has 0 saturated heterocycles. The number of nitrogens with one attached hydrogen (secondary N) is 1. The van der Waals surface area contributed by atoms with Crippen molar-refractivity contribution in [2.75, 3.05) is 0 Å². The van der Waals surface area contributed by atoms with Gasteiger partial charge in [-0.05, 0) is 0 Å². The van der Waals surface area contributed by atoms with Gasteiger partial charge in [-0.2, -0.15) is 0 Å². The van der Waals surface area contributed by atoms with Crippen molar-refractivity contribution in [3.63, 3.8) is 0 Å². The Morgan fingerprint density at radius 1 is 1.73 bits per heavy atom. The predicted octanol–water partition coefficient (Wildman–Crippen LogP) is -0.175. The van der Waals surface area contributed by atoms with E-state index in [4.69, 9.17) is 5.11 Å². The number of aliphatic hydroxyl groups excluding tert-OH is 1. The van der Waals surface area contributed by atoms with Crippen LogP contribution in [0.15, 0.2) is 11.0 Å². The molecule has 4 heteroatoms. The van der Waals surface area contributed by atoms with Crippen molar-refractivity contribution in [2.24, 2.45) is 0 Å². The molecule has 0 aromatic carbocycles. The molecule has 0 radical (unpaired) electrons. The Morgan fingerprint density at radius 2 is 2.45 bits per heavy atom. The number of aromatic nitrogens is 2. The number of nitrogens with zero attached hydrogens (tertiary/aromatic N) is 1. The summed E-state index contributed by atoms with van der Waals surface area (Å²) in [5.41, 5.74) is 0.0570. The van der Waals surface area contributed by atoms with Crippen LogP contribution in [0.4, 0.5) is 0 Å².